The predicted molar refractivity (Wildman–Crippen MR) is 126 cm³/mol. The summed E-state index contributed by atoms with van der Waals surface area (Å²) in [6.07, 6.45) is 3.08. The lowest BCUT2D eigenvalue weighted by atomic mass is 10.1. The second kappa shape index (κ2) is 11.3. The van der Waals surface area contributed by atoms with Crippen molar-refractivity contribution < 1.29 is 14.0 Å². The largest absolute Gasteiger partial charge is 0.375 e. The third-order valence-corrected chi connectivity index (χ3v) is 5.43. The summed E-state index contributed by atoms with van der Waals surface area (Å²) in [5, 5.41) is 8.12. The molecule has 0 radical (unpaired) electrons. The van der Waals surface area contributed by atoms with Gasteiger partial charge in [0, 0.05) is 50.3 Å². The lowest BCUT2D eigenvalue weighted by molar-refractivity contribution is -0.0816. The smallest absolute Gasteiger partial charge is 0.228 e. The third kappa shape index (κ3) is 5.83. The zero-order chi connectivity index (χ0) is 20.1. The summed E-state index contributed by atoms with van der Waals surface area (Å²) in [6.45, 7) is 3.76. The number of morpholine rings is 1. The number of aromatic nitrogens is 2. The van der Waals surface area contributed by atoms with Crippen molar-refractivity contribution >= 4 is 41.5 Å². The standard InChI is InChI=1S/C20H26ClN5O3.HI/c1-22-20(26-10-12-28-17(13-26)16-3-2-11-27-16)23-9-8-18-24-19(25-29-18)14-4-6-15(21)7-5-14;/h4-7,16-17H,2-3,8-13H2,1H3,(H,22,23);1H. The van der Waals surface area contributed by atoms with Crippen molar-refractivity contribution in [3.8, 4) is 11.4 Å². The van der Waals surface area contributed by atoms with Gasteiger partial charge in [-0.2, -0.15) is 4.98 Å². The molecule has 164 valence electrons. The van der Waals surface area contributed by atoms with Crippen molar-refractivity contribution in [2.75, 3.05) is 39.9 Å². The van der Waals surface area contributed by atoms with E-state index in [0.29, 0.717) is 36.3 Å². The van der Waals surface area contributed by atoms with E-state index < -0.39 is 0 Å². The fourth-order valence-corrected chi connectivity index (χ4v) is 3.80. The Bertz CT molecular complexity index is 826. The molecule has 1 aromatic heterocycles. The number of nitrogens with zero attached hydrogens (tertiary/aromatic N) is 4. The van der Waals surface area contributed by atoms with Crippen LogP contribution in [0.15, 0.2) is 33.8 Å². The highest BCUT2D eigenvalue weighted by molar-refractivity contribution is 14.0. The third-order valence-electron chi connectivity index (χ3n) is 5.18. The van der Waals surface area contributed by atoms with Crippen LogP contribution in [0, 0.1) is 0 Å². The summed E-state index contributed by atoms with van der Waals surface area (Å²) in [5.74, 6) is 2.00. The molecular formula is C20H27ClIN5O3. The van der Waals surface area contributed by atoms with Crippen LogP contribution < -0.4 is 5.32 Å². The first kappa shape index (κ1) is 23.2. The van der Waals surface area contributed by atoms with Crippen molar-refractivity contribution in [2.45, 2.75) is 31.5 Å². The lowest BCUT2D eigenvalue weighted by Crippen LogP contribution is -2.53. The number of halogens is 2. The van der Waals surface area contributed by atoms with Crippen LogP contribution >= 0.6 is 35.6 Å². The highest BCUT2D eigenvalue weighted by atomic mass is 127. The van der Waals surface area contributed by atoms with E-state index in [1.54, 1.807) is 7.05 Å². The maximum Gasteiger partial charge on any atom is 0.228 e. The summed E-state index contributed by atoms with van der Waals surface area (Å²) in [7, 11) is 1.80. The maximum atomic E-state index is 5.92. The van der Waals surface area contributed by atoms with Crippen molar-refractivity contribution in [3.63, 3.8) is 0 Å². The Labute approximate surface area is 198 Å². The van der Waals surface area contributed by atoms with Crippen molar-refractivity contribution in [1.82, 2.24) is 20.4 Å². The van der Waals surface area contributed by atoms with Gasteiger partial charge in [0.2, 0.25) is 11.7 Å². The summed E-state index contributed by atoms with van der Waals surface area (Å²) in [6, 6.07) is 7.37. The molecule has 1 N–H and O–H groups in total. The number of benzene rings is 1. The Balaban J connectivity index is 0.00000256. The molecular weight excluding hydrogens is 521 g/mol. The fourth-order valence-electron chi connectivity index (χ4n) is 3.67. The second-order valence-electron chi connectivity index (χ2n) is 7.15. The molecule has 2 aliphatic heterocycles. The minimum absolute atomic E-state index is 0. The van der Waals surface area contributed by atoms with Crippen LogP contribution in [-0.2, 0) is 15.9 Å². The highest BCUT2D eigenvalue weighted by Crippen LogP contribution is 2.21. The molecule has 0 aliphatic carbocycles. The van der Waals surface area contributed by atoms with Gasteiger partial charge in [-0.25, -0.2) is 0 Å². The molecule has 2 aromatic rings. The van der Waals surface area contributed by atoms with Crippen LogP contribution in [0.1, 0.15) is 18.7 Å². The Morgan fingerprint density at radius 3 is 2.77 bits per heavy atom. The van der Waals surface area contributed by atoms with E-state index in [1.165, 1.54) is 0 Å². The van der Waals surface area contributed by atoms with Gasteiger partial charge in [0.05, 0.1) is 12.7 Å². The Hall–Kier alpha value is -1.43. The molecule has 2 fully saturated rings. The Morgan fingerprint density at radius 2 is 2.03 bits per heavy atom. The summed E-state index contributed by atoms with van der Waals surface area (Å²) in [4.78, 5) is 11.1. The SMILES string of the molecule is CN=C(NCCc1nc(-c2ccc(Cl)cc2)no1)N1CCOC(C2CCCO2)C1.I. The Morgan fingerprint density at radius 1 is 1.23 bits per heavy atom. The second-order valence-corrected chi connectivity index (χ2v) is 7.59. The molecule has 1 aromatic carbocycles. The minimum atomic E-state index is 0. The zero-order valence-electron chi connectivity index (χ0n) is 16.9. The number of rotatable bonds is 5. The van der Waals surface area contributed by atoms with E-state index >= 15 is 0 Å². The molecule has 0 spiro atoms. The normalized spacial score (nSPS) is 22.1. The van der Waals surface area contributed by atoms with E-state index in [0.717, 1.165) is 44.1 Å². The minimum Gasteiger partial charge on any atom is -0.375 e. The highest BCUT2D eigenvalue weighted by Gasteiger charge is 2.32. The molecule has 2 atom stereocenters. The quantitative estimate of drug-likeness (QED) is 0.350. The van der Waals surface area contributed by atoms with Crippen LogP contribution in [0.25, 0.3) is 11.4 Å². The zero-order valence-corrected chi connectivity index (χ0v) is 20.0. The van der Waals surface area contributed by atoms with E-state index in [-0.39, 0.29) is 36.2 Å². The number of hydrogen-bond acceptors (Lipinski definition) is 6. The molecule has 10 heteroatoms. The monoisotopic (exact) mass is 547 g/mol. The van der Waals surface area contributed by atoms with Crippen molar-refractivity contribution in [2.24, 2.45) is 4.99 Å². The molecule has 0 saturated carbocycles. The number of hydrogen-bond donors (Lipinski definition) is 1. The van der Waals surface area contributed by atoms with Gasteiger partial charge in [0.15, 0.2) is 5.96 Å². The van der Waals surface area contributed by atoms with E-state index in [2.05, 4.69) is 25.3 Å². The number of aliphatic imine (C=N–C) groups is 1. The average Bonchev–Trinajstić information content (AvgIpc) is 3.44. The predicted octanol–water partition coefficient (Wildman–Crippen LogP) is 3.01. The van der Waals surface area contributed by atoms with Gasteiger partial charge in [-0.3, -0.25) is 4.99 Å². The van der Waals surface area contributed by atoms with E-state index in [9.17, 15) is 0 Å². The van der Waals surface area contributed by atoms with Crippen LogP contribution in [0.5, 0.6) is 0 Å². The molecule has 0 bridgehead atoms. The van der Waals surface area contributed by atoms with Crippen molar-refractivity contribution in [3.05, 3.63) is 35.2 Å². The Kier molecular flexibility index (Phi) is 8.72. The number of ether oxygens (including phenoxy) is 2. The molecule has 3 heterocycles. The van der Waals surface area contributed by atoms with Gasteiger partial charge in [0.1, 0.15) is 6.10 Å². The molecule has 30 heavy (non-hydrogen) atoms. The van der Waals surface area contributed by atoms with Crippen molar-refractivity contribution in [1.29, 1.82) is 0 Å². The first-order valence-corrected chi connectivity index (χ1v) is 10.4. The van der Waals surface area contributed by atoms with E-state index in [4.69, 9.17) is 25.6 Å². The maximum absolute atomic E-state index is 5.92. The fraction of sp³-hybridized carbons (Fsp3) is 0.550. The van der Waals surface area contributed by atoms with Gasteiger partial charge in [-0.05, 0) is 37.1 Å². The number of guanidine groups is 1. The summed E-state index contributed by atoms with van der Waals surface area (Å²) in [5.41, 5.74) is 0.877. The lowest BCUT2D eigenvalue weighted by Gasteiger charge is -2.37. The van der Waals surface area contributed by atoms with Gasteiger partial charge in [-0.1, -0.05) is 16.8 Å². The molecule has 2 saturated heterocycles. The van der Waals surface area contributed by atoms with Gasteiger partial charge < -0.3 is 24.2 Å². The van der Waals surface area contributed by atoms with Gasteiger partial charge in [-0.15, -0.1) is 24.0 Å². The van der Waals surface area contributed by atoms with Crippen LogP contribution in [0.3, 0.4) is 0 Å². The van der Waals surface area contributed by atoms with Crippen LogP contribution in [0.4, 0.5) is 0 Å². The molecule has 4 rings (SSSR count). The van der Waals surface area contributed by atoms with Gasteiger partial charge in [0.25, 0.3) is 0 Å². The first-order chi connectivity index (χ1) is 14.2. The molecule has 8 nitrogen and oxygen atoms in total. The molecule has 2 aliphatic rings. The molecule has 0 amide bonds. The topological polar surface area (TPSA) is 85.0 Å². The van der Waals surface area contributed by atoms with Crippen LogP contribution in [-0.4, -0.2) is 73.1 Å². The molecule has 2 unspecified atom stereocenters. The van der Waals surface area contributed by atoms with Crippen LogP contribution in [0.2, 0.25) is 5.02 Å². The number of nitrogens with one attached hydrogen (secondary N) is 1. The average molecular weight is 548 g/mol. The summed E-state index contributed by atoms with van der Waals surface area (Å²) < 4.78 is 17.1. The van der Waals surface area contributed by atoms with Gasteiger partial charge >= 0.3 is 0 Å². The summed E-state index contributed by atoms with van der Waals surface area (Å²) >= 11 is 5.92. The first-order valence-electron chi connectivity index (χ1n) is 10.0. The van der Waals surface area contributed by atoms with E-state index in [1.807, 2.05) is 24.3 Å².